The Morgan fingerprint density at radius 2 is 1.70 bits per heavy atom. The molecule has 0 unspecified atom stereocenters. The van der Waals surface area contributed by atoms with Gasteiger partial charge in [0.2, 0.25) is 0 Å². The molecule has 1 aromatic rings. The number of halogens is 1. The fourth-order valence-electron chi connectivity index (χ4n) is 3.92. The van der Waals surface area contributed by atoms with Gasteiger partial charge in [0.15, 0.2) is 5.96 Å². The van der Waals surface area contributed by atoms with Crippen molar-refractivity contribution in [2.24, 2.45) is 10.9 Å². The van der Waals surface area contributed by atoms with E-state index in [0.717, 1.165) is 57.7 Å². The fraction of sp³-hybridized carbons (Fsp3) is 0.667. The van der Waals surface area contributed by atoms with Gasteiger partial charge in [-0.15, -0.1) is 24.0 Å². The Morgan fingerprint density at radius 1 is 1.04 bits per heavy atom. The van der Waals surface area contributed by atoms with E-state index in [1.807, 2.05) is 7.05 Å². The van der Waals surface area contributed by atoms with Crippen molar-refractivity contribution in [1.82, 2.24) is 15.1 Å². The Labute approximate surface area is 182 Å². The van der Waals surface area contributed by atoms with Crippen molar-refractivity contribution in [3.63, 3.8) is 0 Å². The number of hydrogen-bond donors (Lipinski definition) is 1. The molecule has 0 radical (unpaired) electrons. The van der Waals surface area contributed by atoms with Crippen LogP contribution in [0.3, 0.4) is 0 Å². The van der Waals surface area contributed by atoms with Crippen molar-refractivity contribution in [2.75, 3.05) is 64.3 Å². The molecule has 0 saturated carbocycles. The maximum Gasteiger partial charge on any atom is 0.193 e. The number of hydrogen-bond acceptors (Lipinski definition) is 3. The van der Waals surface area contributed by atoms with Crippen molar-refractivity contribution < 1.29 is 0 Å². The molecule has 152 valence electrons. The fourth-order valence-corrected chi connectivity index (χ4v) is 3.92. The molecule has 2 aliphatic heterocycles. The summed E-state index contributed by atoms with van der Waals surface area (Å²) in [5.74, 6) is 1.95. The lowest BCUT2D eigenvalue weighted by Crippen LogP contribution is -2.48. The van der Waals surface area contributed by atoms with E-state index >= 15 is 0 Å². The van der Waals surface area contributed by atoms with Gasteiger partial charge >= 0.3 is 0 Å². The van der Waals surface area contributed by atoms with Crippen molar-refractivity contribution in [1.29, 1.82) is 0 Å². The summed E-state index contributed by atoms with van der Waals surface area (Å²) in [6, 6.07) is 10.8. The first-order valence-electron chi connectivity index (χ1n) is 10.2. The lowest BCUT2D eigenvalue weighted by molar-refractivity contribution is 0.252. The molecule has 2 fully saturated rings. The Balaban J connectivity index is 0.00000261. The SMILES string of the molecule is CN=C(NCCCN1CCN(c2ccccc2)CC1)N1CCC(C)CC1.I. The number of para-hydroxylation sites is 1. The highest BCUT2D eigenvalue weighted by Crippen LogP contribution is 2.16. The van der Waals surface area contributed by atoms with Gasteiger partial charge in [0, 0.05) is 58.5 Å². The molecule has 0 spiro atoms. The predicted octanol–water partition coefficient (Wildman–Crippen LogP) is 3.12. The molecule has 0 bridgehead atoms. The summed E-state index contributed by atoms with van der Waals surface area (Å²) in [5.41, 5.74) is 1.36. The van der Waals surface area contributed by atoms with Crippen LogP contribution in [0.4, 0.5) is 5.69 Å². The molecule has 0 atom stereocenters. The standard InChI is InChI=1S/C21H35N5.HI/c1-19-9-13-26(14-10-19)21(22-2)23-11-6-12-24-15-17-25(18-16-24)20-7-4-3-5-8-20;/h3-5,7-8,19H,6,9-18H2,1-2H3,(H,22,23);1H. The van der Waals surface area contributed by atoms with E-state index in [0.29, 0.717) is 0 Å². The lowest BCUT2D eigenvalue weighted by Gasteiger charge is -2.36. The largest absolute Gasteiger partial charge is 0.369 e. The Bertz CT molecular complexity index is 549. The third-order valence-corrected chi connectivity index (χ3v) is 5.72. The molecule has 2 heterocycles. The normalized spacial score (nSPS) is 19.7. The van der Waals surface area contributed by atoms with Gasteiger partial charge in [-0.05, 0) is 43.9 Å². The first-order valence-corrected chi connectivity index (χ1v) is 10.2. The number of benzene rings is 1. The summed E-state index contributed by atoms with van der Waals surface area (Å²) in [7, 11) is 1.91. The second-order valence-electron chi connectivity index (χ2n) is 7.66. The minimum atomic E-state index is 0. The van der Waals surface area contributed by atoms with Crippen LogP contribution in [0.5, 0.6) is 0 Å². The second-order valence-corrected chi connectivity index (χ2v) is 7.66. The Hall–Kier alpha value is -1.02. The zero-order chi connectivity index (χ0) is 18.2. The molecular weight excluding hydrogens is 449 g/mol. The number of nitrogens with one attached hydrogen (secondary N) is 1. The summed E-state index contributed by atoms with van der Waals surface area (Å²) in [6.07, 6.45) is 3.74. The van der Waals surface area contributed by atoms with Crippen LogP contribution < -0.4 is 10.2 Å². The zero-order valence-electron chi connectivity index (χ0n) is 16.9. The number of rotatable bonds is 5. The molecule has 0 amide bonds. The number of likely N-dealkylation sites (tertiary alicyclic amines) is 1. The van der Waals surface area contributed by atoms with Crippen LogP contribution >= 0.6 is 24.0 Å². The van der Waals surface area contributed by atoms with Gasteiger partial charge in [-0.1, -0.05) is 25.1 Å². The highest BCUT2D eigenvalue weighted by atomic mass is 127. The third-order valence-electron chi connectivity index (χ3n) is 5.72. The summed E-state index contributed by atoms with van der Waals surface area (Å²) >= 11 is 0. The Morgan fingerprint density at radius 3 is 2.33 bits per heavy atom. The molecule has 0 aliphatic carbocycles. The smallest absolute Gasteiger partial charge is 0.193 e. The quantitative estimate of drug-likeness (QED) is 0.301. The van der Waals surface area contributed by atoms with E-state index in [1.165, 1.54) is 31.5 Å². The van der Waals surface area contributed by atoms with Crippen molar-refractivity contribution in [2.45, 2.75) is 26.2 Å². The van der Waals surface area contributed by atoms with Crippen LogP contribution in [0.15, 0.2) is 35.3 Å². The minimum Gasteiger partial charge on any atom is -0.369 e. The number of aliphatic imine (C=N–C) groups is 1. The molecule has 27 heavy (non-hydrogen) atoms. The third kappa shape index (κ3) is 6.82. The molecule has 3 rings (SSSR count). The molecule has 6 heteroatoms. The number of anilines is 1. The van der Waals surface area contributed by atoms with Gasteiger partial charge in [-0.25, -0.2) is 0 Å². The van der Waals surface area contributed by atoms with E-state index in [2.05, 4.69) is 62.3 Å². The van der Waals surface area contributed by atoms with Crippen LogP contribution in [0.2, 0.25) is 0 Å². The Kier molecular flexibility index (Phi) is 9.68. The van der Waals surface area contributed by atoms with Gasteiger partial charge in [0.1, 0.15) is 0 Å². The summed E-state index contributed by atoms with van der Waals surface area (Å²) in [5, 5.41) is 3.57. The lowest BCUT2D eigenvalue weighted by atomic mass is 10.00. The average molecular weight is 485 g/mol. The van der Waals surface area contributed by atoms with Crippen LogP contribution in [0.25, 0.3) is 0 Å². The molecule has 1 N–H and O–H groups in total. The highest BCUT2D eigenvalue weighted by molar-refractivity contribution is 14.0. The molecule has 2 saturated heterocycles. The van der Waals surface area contributed by atoms with Gasteiger partial charge in [-0.3, -0.25) is 9.89 Å². The highest BCUT2D eigenvalue weighted by Gasteiger charge is 2.19. The van der Waals surface area contributed by atoms with Crippen LogP contribution in [0, 0.1) is 5.92 Å². The maximum atomic E-state index is 4.48. The van der Waals surface area contributed by atoms with Crippen LogP contribution in [-0.2, 0) is 0 Å². The maximum absolute atomic E-state index is 4.48. The molecular formula is C21H36IN5. The molecule has 1 aromatic carbocycles. The van der Waals surface area contributed by atoms with Crippen LogP contribution in [0.1, 0.15) is 26.2 Å². The van der Waals surface area contributed by atoms with Crippen molar-refractivity contribution in [3.8, 4) is 0 Å². The predicted molar refractivity (Wildman–Crippen MR) is 126 cm³/mol. The van der Waals surface area contributed by atoms with E-state index in [1.54, 1.807) is 0 Å². The van der Waals surface area contributed by atoms with Crippen LogP contribution in [-0.4, -0.2) is 75.2 Å². The molecule has 0 aromatic heterocycles. The number of nitrogens with zero attached hydrogens (tertiary/aromatic N) is 4. The topological polar surface area (TPSA) is 34.1 Å². The first-order chi connectivity index (χ1) is 12.8. The van der Waals surface area contributed by atoms with E-state index in [9.17, 15) is 0 Å². The van der Waals surface area contributed by atoms with E-state index < -0.39 is 0 Å². The van der Waals surface area contributed by atoms with Gasteiger partial charge in [0.05, 0.1) is 0 Å². The summed E-state index contributed by atoms with van der Waals surface area (Å²) < 4.78 is 0. The number of piperidine rings is 1. The first kappa shape index (κ1) is 22.3. The summed E-state index contributed by atoms with van der Waals surface area (Å²) in [4.78, 5) is 12.0. The monoisotopic (exact) mass is 485 g/mol. The molecule has 5 nitrogen and oxygen atoms in total. The van der Waals surface area contributed by atoms with Crippen molar-refractivity contribution >= 4 is 35.6 Å². The average Bonchev–Trinajstić information content (AvgIpc) is 2.70. The van der Waals surface area contributed by atoms with Crippen molar-refractivity contribution in [3.05, 3.63) is 30.3 Å². The zero-order valence-corrected chi connectivity index (χ0v) is 19.3. The van der Waals surface area contributed by atoms with E-state index in [4.69, 9.17) is 0 Å². The van der Waals surface area contributed by atoms with E-state index in [-0.39, 0.29) is 24.0 Å². The minimum absolute atomic E-state index is 0. The summed E-state index contributed by atoms with van der Waals surface area (Å²) in [6.45, 7) is 11.4. The second kappa shape index (κ2) is 11.7. The number of guanidine groups is 1. The number of piperazine rings is 1. The van der Waals surface area contributed by atoms with Gasteiger partial charge < -0.3 is 15.1 Å². The molecule has 2 aliphatic rings. The van der Waals surface area contributed by atoms with Gasteiger partial charge in [0.25, 0.3) is 0 Å². The van der Waals surface area contributed by atoms with Gasteiger partial charge in [-0.2, -0.15) is 0 Å².